The molecular formula is C14H14F2N2O3. The van der Waals surface area contributed by atoms with E-state index in [9.17, 15) is 23.7 Å². The summed E-state index contributed by atoms with van der Waals surface area (Å²) in [5, 5.41) is 10.8. The number of nitro groups is 1. The van der Waals surface area contributed by atoms with Crippen molar-refractivity contribution in [3.8, 4) is 0 Å². The highest BCUT2D eigenvalue weighted by Crippen LogP contribution is 2.39. The fourth-order valence-electron chi connectivity index (χ4n) is 3.43. The number of nitro benzene ring substituents is 1. The quantitative estimate of drug-likeness (QED) is 0.621. The number of carbonyl (C=O) groups excluding carboxylic acids is 1. The van der Waals surface area contributed by atoms with Crippen molar-refractivity contribution < 1.29 is 18.5 Å². The second-order valence-corrected chi connectivity index (χ2v) is 5.60. The maximum absolute atomic E-state index is 14.1. The molecule has 0 radical (unpaired) electrons. The fourth-order valence-corrected chi connectivity index (χ4v) is 3.43. The van der Waals surface area contributed by atoms with Crippen LogP contribution in [0.2, 0.25) is 0 Å². The molecule has 2 bridgehead atoms. The van der Waals surface area contributed by atoms with E-state index in [2.05, 4.69) is 0 Å². The van der Waals surface area contributed by atoms with Gasteiger partial charge in [0.1, 0.15) is 11.6 Å². The number of benzene rings is 1. The van der Waals surface area contributed by atoms with Gasteiger partial charge in [-0.3, -0.25) is 14.9 Å². The van der Waals surface area contributed by atoms with E-state index in [-0.39, 0.29) is 23.6 Å². The molecule has 2 unspecified atom stereocenters. The molecule has 112 valence electrons. The number of nitrogens with zero attached hydrogens (tertiary/aromatic N) is 2. The van der Waals surface area contributed by atoms with E-state index in [1.807, 2.05) is 0 Å². The minimum atomic E-state index is -1.18. The molecule has 5 nitrogen and oxygen atoms in total. The average Bonchev–Trinajstić information content (AvgIpc) is 2.38. The number of carbonyl (C=O) groups is 1. The number of hydrogen-bond donors (Lipinski definition) is 0. The highest BCUT2D eigenvalue weighted by Gasteiger charge is 2.39. The second kappa shape index (κ2) is 5.05. The SMILES string of the molecule is O=C1CC2CCCC(C1)N2c1cc([N+](=O)[O-])c(F)cc1F. The van der Waals surface area contributed by atoms with E-state index in [4.69, 9.17) is 0 Å². The summed E-state index contributed by atoms with van der Waals surface area (Å²) < 4.78 is 27.5. The summed E-state index contributed by atoms with van der Waals surface area (Å²) in [6, 6.07) is 1.21. The van der Waals surface area contributed by atoms with Crippen LogP contribution in [0.15, 0.2) is 12.1 Å². The van der Waals surface area contributed by atoms with Crippen LogP contribution in [0.4, 0.5) is 20.2 Å². The Morgan fingerprint density at radius 2 is 1.76 bits per heavy atom. The van der Waals surface area contributed by atoms with E-state index in [0.717, 1.165) is 25.3 Å². The molecular weight excluding hydrogens is 282 g/mol. The molecule has 0 aromatic heterocycles. The van der Waals surface area contributed by atoms with Gasteiger partial charge in [0, 0.05) is 37.1 Å². The molecule has 0 saturated carbocycles. The maximum atomic E-state index is 14.1. The topological polar surface area (TPSA) is 63.5 Å². The minimum absolute atomic E-state index is 0.0327. The number of rotatable bonds is 2. The zero-order chi connectivity index (χ0) is 15.1. The van der Waals surface area contributed by atoms with Gasteiger partial charge in [0.25, 0.3) is 0 Å². The Bertz CT molecular complexity index is 604. The predicted molar refractivity (Wildman–Crippen MR) is 71.2 cm³/mol. The number of Topliss-reactive ketones (excluding diaryl/α,β-unsaturated/α-hetero) is 1. The summed E-state index contributed by atoms with van der Waals surface area (Å²) in [5.74, 6) is -1.86. The molecule has 2 aliphatic heterocycles. The van der Waals surface area contributed by atoms with E-state index in [1.54, 1.807) is 4.90 Å². The number of hydrogen-bond acceptors (Lipinski definition) is 4. The van der Waals surface area contributed by atoms with Gasteiger partial charge in [-0.1, -0.05) is 0 Å². The second-order valence-electron chi connectivity index (χ2n) is 5.60. The first-order valence-corrected chi connectivity index (χ1v) is 6.91. The minimum Gasteiger partial charge on any atom is -0.362 e. The van der Waals surface area contributed by atoms with Gasteiger partial charge in [0.15, 0.2) is 0 Å². The summed E-state index contributed by atoms with van der Waals surface area (Å²) >= 11 is 0. The van der Waals surface area contributed by atoms with Gasteiger partial charge in [-0.05, 0) is 19.3 Å². The molecule has 2 atom stereocenters. The molecule has 0 aliphatic carbocycles. The smallest absolute Gasteiger partial charge is 0.307 e. The molecule has 0 spiro atoms. The third-order valence-corrected chi connectivity index (χ3v) is 4.28. The van der Waals surface area contributed by atoms with Crippen molar-refractivity contribution in [3.05, 3.63) is 33.9 Å². The number of halogens is 2. The summed E-state index contributed by atoms with van der Waals surface area (Å²) in [4.78, 5) is 23.4. The lowest BCUT2D eigenvalue weighted by atomic mass is 9.83. The first kappa shape index (κ1) is 13.9. The van der Waals surface area contributed by atoms with Crippen molar-refractivity contribution >= 4 is 17.2 Å². The Kier molecular flexibility index (Phi) is 3.35. The van der Waals surface area contributed by atoms with E-state index in [1.165, 1.54) is 0 Å². The van der Waals surface area contributed by atoms with Crippen molar-refractivity contribution in [1.82, 2.24) is 0 Å². The van der Waals surface area contributed by atoms with Gasteiger partial charge < -0.3 is 4.90 Å². The largest absolute Gasteiger partial charge is 0.362 e. The van der Waals surface area contributed by atoms with Crippen molar-refractivity contribution in [3.63, 3.8) is 0 Å². The molecule has 1 aromatic rings. The Labute approximate surface area is 119 Å². The Morgan fingerprint density at radius 1 is 1.14 bits per heavy atom. The molecule has 2 fully saturated rings. The van der Waals surface area contributed by atoms with Crippen molar-refractivity contribution in [2.45, 2.75) is 44.2 Å². The van der Waals surface area contributed by atoms with Crippen LogP contribution in [-0.4, -0.2) is 22.8 Å². The summed E-state index contributed by atoms with van der Waals surface area (Å²) in [6.07, 6.45) is 3.08. The lowest BCUT2D eigenvalue weighted by molar-refractivity contribution is -0.387. The Morgan fingerprint density at radius 3 is 2.33 bits per heavy atom. The molecule has 21 heavy (non-hydrogen) atoms. The molecule has 1 aromatic carbocycles. The monoisotopic (exact) mass is 296 g/mol. The van der Waals surface area contributed by atoms with Gasteiger partial charge in [0.05, 0.1) is 10.6 Å². The average molecular weight is 296 g/mol. The van der Waals surface area contributed by atoms with Gasteiger partial charge in [-0.15, -0.1) is 0 Å². The molecule has 2 saturated heterocycles. The molecule has 0 amide bonds. The van der Waals surface area contributed by atoms with Gasteiger partial charge in [-0.25, -0.2) is 4.39 Å². The van der Waals surface area contributed by atoms with Crippen molar-refractivity contribution in [2.24, 2.45) is 0 Å². The van der Waals surface area contributed by atoms with Crippen LogP contribution in [0.5, 0.6) is 0 Å². The Hall–Kier alpha value is -2.05. The normalized spacial score (nSPS) is 25.0. The molecule has 2 heterocycles. The van der Waals surface area contributed by atoms with Crippen molar-refractivity contribution in [1.29, 1.82) is 0 Å². The first-order chi connectivity index (χ1) is 9.97. The number of anilines is 1. The standard InChI is InChI=1S/C14H14F2N2O3/c15-11-6-12(16)14(18(20)21)7-13(11)17-8-2-1-3-9(17)5-10(19)4-8/h6-9H,1-5H2. The van der Waals surface area contributed by atoms with Crippen molar-refractivity contribution in [2.75, 3.05) is 4.90 Å². The number of ketones is 1. The van der Waals surface area contributed by atoms with Gasteiger partial charge in [-0.2, -0.15) is 4.39 Å². The predicted octanol–water partition coefficient (Wildman–Crippen LogP) is 2.96. The van der Waals surface area contributed by atoms with Crippen LogP contribution >= 0.6 is 0 Å². The summed E-state index contributed by atoms with van der Waals surface area (Å²) in [5.41, 5.74) is -0.702. The van der Waals surface area contributed by atoms with Crippen LogP contribution in [0, 0.1) is 21.7 Å². The van der Waals surface area contributed by atoms with Crippen LogP contribution in [0.1, 0.15) is 32.1 Å². The van der Waals surface area contributed by atoms with Crippen LogP contribution in [0.25, 0.3) is 0 Å². The van der Waals surface area contributed by atoms with Gasteiger partial charge in [0.2, 0.25) is 5.82 Å². The molecule has 7 heteroatoms. The molecule has 0 N–H and O–H groups in total. The third-order valence-electron chi connectivity index (χ3n) is 4.28. The van der Waals surface area contributed by atoms with Crippen LogP contribution in [0.3, 0.4) is 0 Å². The van der Waals surface area contributed by atoms with E-state index >= 15 is 0 Å². The lowest BCUT2D eigenvalue weighted by Gasteiger charge is -2.47. The van der Waals surface area contributed by atoms with Gasteiger partial charge >= 0.3 is 5.69 Å². The van der Waals surface area contributed by atoms with Crippen LogP contribution < -0.4 is 4.90 Å². The third kappa shape index (κ3) is 2.36. The highest BCUT2D eigenvalue weighted by molar-refractivity contribution is 5.83. The maximum Gasteiger partial charge on any atom is 0.307 e. The highest BCUT2D eigenvalue weighted by atomic mass is 19.1. The Balaban J connectivity index is 2.05. The van der Waals surface area contributed by atoms with E-state index < -0.39 is 22.2 Å². The summed E-state index contributed by atoms with van der Waals surface area (Å²) in [7, 11) is 0. The summed E-state index contributed by atoms with van der Waals surface area (Å²) in [6.45, 7) is 0. The lowest BCUT2D eigenvalue weighted by Crippen LogP contribution is -2.53. The number of fused-ring (bicyclic) bond motifs is 2. The molecule has 2 aliphatic rings. The first-order valence-electron chi connectivity index (χ1n) is 6.91. The zero-order valence-corrected chi connectivity index (χ0v) is 11.2. The number of piperidine rings is 2. The molecule has 3 rings (SSSR count). The fraction of sp³-hybridized carbons (Fsp3) is 0.500. The van der Waals surface area contributed by atoms with E-state index in [0.29, 0.717) is 18.9 Å². The zero-order valence-electron chi connectivity index (χ0n) is 11.2. The van der Waals surface area contributed by atoms with Crippen LogP contribution in [-0.2, 0) is 4.79 Å².